The first kappa shape index (κ1) is 24.4. The zero-order valence-corrected chi connectivity index (χ0v) is 20.8. The third kappa shape index (κ3) is 6.19. The van der Waals surface area contributed by atoms with Gasteiger partial charge in [0, 0.05) is 0 Å². The summed E-state index contributed by atoms with van der Waals surface area (Å²) < 4.78 is 3.15. The van der Waals surface area contributed by atoms with Crippen molar-refractivity contribution in [2.45, 2.75) is 46.0 Å². The van der Waals surface area contributed by atoms with Gasteiger partial charge in [0.2, 0.25) is 0 Å². The summed E-state index contributed by atoms with van der Waals surface area (Å²) in [7, 11) is 0. The molecule has 0 saturated carbocycles. The Bertz CT molecular complexity index is 808. The number of hydrogen-bond acceptors (Lipinski definition) is 1. The minimum absolute atomic E-state index is 0. The standard InChI is InChI=1S/C24H25N.V.Y/c1-7-10-18(5)22-12-9-15-25-24(22)20-13-14-21(17(3)4)23(16-20)19(6)11-8-2;;/h1,7-10,12-15,17,19H,11H2,2-4,6H3;;/q-4;;+3/b18-10+;;. The van der Waals surface area contributed by atoms with Gasteiger partial charge in [-0.25, -0.2) is 0 Å². The Morgan fingerprint density at radius 1 is 1.33 bits per heavy atom. The first-order valence-electron chi connectivity index (χ1n) is 8.98. The van der Waals surface area contributed by atoms with E-state index >= 15 is 0 Å². The van der Waals surface area contributed by atoms with Crippen LogP contribution in [-0.2, 0) is 49.7 Å². The fraction of sp³-hybridized carbons (Fsp3) is 0.292. The summed E-state index contributed by atoms with van der Waals surface area (Å²) in [5.41, 5.74) is 6.47. The molecule has 0 aliphatic heterocycles. The molecule has 0 aliphatic carbocycles. The van der Waals surface area contributed by atoms with E-state index in [4.69, 9.17) is 6.58 Å². The maximum Gasteiger partial charge on any atom is 3.00 e. The van der Waals surface area contributed by atoms with E-state index in [-0.39, 0.29) is 32.7 Å². The Balaban J connectivity index is 0.00000364. The van der Waals surface area contributed by atoms with Crippen molar-refractivity contribution in [2.24, 2.45) is 0 Å². The molecule has 0 saturated heterocycles. The molecule has 0 N–H and O–H groups in total. The summed E-state index contributed by atoms with van der Waals surface area (Å²) in [4.78, 5) is 4.64. The average Bonchev–Trinajstić information content (AvgIpc) is 2.65. The van der Waals surface area contributed by atoms with Gasteiger partial charge in [-0.2, -0.15) is 0 Å². The Kier molecular flexibility index (Phi) is 10.9. The summed E-state index contributed by atoms with van der Waals surface area (Å²) in [6, 6.07) is 12.0. The molecule has 2 rings (SSSR count). The number of rotatable bonds is 8. The van der Waals surface area contributed by atoms with Gasteiger partial charge in [0.1, 0.15) is 0 Å². The van der Waals surface area contributed by atoms with E-state index in [1.54, 1.807) is 0 Å². The van der Waals surface area contributed by atoms with Gasteiger partial charge in [-0.15, -0.1) is 0 Å². The molecule has 27 heavy (non-hydrogen) atoms. The fourth-order valence-electron chi connectivity index (χ4n) is 3.16. The van der Waals surface area contributed by atoms with Crippen molar-refractivity contribution in [1.82, 2.24) is 4.98 Å². The summed E-state index contributed by atoms with van der Waals surface area (Å²) in [6.45, 7) is 14.4. The van der Waals surface area contributed by atoms with Crippen LogP contribution in [0.4, 0.5) is 0 Å². The zero-order valence-electron chi connectivity index (χ0n) is 16.5. The maximum absolute atomic E-state index is 5.60. The summed E-state index contributed by atoms with van der Waals surface area (Å²) >= 11 is 2.37. The van der Waals surface area contributed by atoms with Crippen molar-refractivity contribution in [2.75, 3.05) is 0 Å². The molecule has 0 fully saturated rings. The Morgan fingerprint density at radius 3 is 2.67 bits per heavy atom. The van der Waals surface area contributed by atoms with Crippen molar-refractivity contribution in [3.05, 3.63) is 78.4 Å². The minimum Gasteiger partial charge on any atom is 3.00 e. The quantitative estimate of drug-likeness (QED) is 0.344. The molecule has 0 spiro atoms. The number of allylic oxidation sites excluding steroid dienone is 3. The molecule has 1 aromatic heterocycles. The third-order valence-electron chi connectivity index (χ3n) is 4.45. The normalized spacial score (nSPS) is 12.4. The van der Waals surface area contributed by atoms with E-state index in [1.165, 1.54) is 17.2 Å². The van der Waals surface area contributed by atoms with Gasteiger partial charge >= 0.3 is 201 Å². The second kappa shape index (κ2) is 12.1. The average molecular weight is 467 g/mol. The van der Waals surface area contributed by atoms with Crippen LogP contribution in [0.3, 0.4) is 0 Å². The smallest absolute Gasteiger partial charge is 3.00 e. The number of pyridine rings is 1. The molecular weight excluding hydrogens is 442 g/mol. The van der Waals surface area contributed by atoms with Crippen LogP contribution in [-0.4, -0.2) is 9.71 Å². The molecular formula is C24H25NVY-. The maximum atomic E-state index is 5.60. The van der Waals surface area contributed by atoms with E-state index in [2.05, 4.69) is 79.0 Å². The van der Waals surface area contributed by atoms with E-state index in [9.17, 15) is 0 Å². The van der Waals surface area contributed by atoms with E-state index in [0.717, 1.165) is 28.8 Å². The summed E-state index contributed by atoms with van der Waals surface area (Å²) in [5.74, 6) is 0.896. The van der Waals surface area contributed by atoms with Crippen molar-refractivity contribution < 1.29 is 49.7 Å². The third-order valence-corrected chi connectivity index (χ3v) is 4.83. The monoisotopic (exact) mass is 467 g/mol. The van der Waals surface area contributed by atoms with Gasteiger partial charge in [0.25, 0.3) is 0 Å². The molecule has 0 amide bonds. The van der Waals surface area contributed by atoms with Crippen molar-refractivity contribution in [1.29, 1.82) is 0 Å². The molecule has 2 aromatic rings. The summed E-state index contributed by atoms with van der Waals surface area (Å²) in [5, 5.41) is 0. The van der Waals surface area contributed by atoms with Crippen LogP contribution in [0.15, 0.2) is 42.6 Å². The van der Waals surface area contributed by atoms with Gasteiger partial charge < -0.3 is 0 Å². The second-order valence-corrected chi connectivity index (χ2v) is 7.07. The van der Waals surface area contributed by atoms with Gasteiger partial charge in [0.15, 0.2) is 0 Å². The zero-order chi connectivity index (χ0) is 19.1. The largest absolute Gasteiger partial charge is 3.00 e. The van der Waals surface area contributed by atoms with Crippen LogP contribution in [0.1, 0.15) is 62.6 Å². The molecule has 3 heteroatoms. The first-order chi connectivity index (χ1) is 12.5. The molecule has 1 unspecified atom stereocenters. The molecule has 1 heterocycles. The first-order valence-corrected chi connectivity index (χ1v) is 9.68. The molecule has 0 bridgehead atoms. The van der Waals surface area contributed by atoms with Gasteiger partial charge in [-0.05, 0) is 0 Å². The number of hydrogen-bond donors (Lipinski definition) is 0. The van der Waals surface area contributed by atoms with Crippen LogP contribution in [0.5, 0.6) is 0 Å². The number of benzene rings is 1. The molecule has 135 valence electrons. The molecule has 1 atom stereocenters. The topological polar surface area (TPSA) is 12.9 Å². The molecule has 1 nitrogen and oxygen atoms in total. The van der Waals surface area contributed by atoms with Gasteiger partial charge in [0.05, 0.1) is 0 Å². The second-order valence-electron chi connectivity index (χ2n) is 6.72. The van der Waals surface area contributed by atoms with Crippen molar-refractivity contribution in [3.8, 4) is 11.3 Å². The van der Waals surface area contributed by atoms with Crippen LogP contribution in [0.2, 0.25) is 0 Å². The predicted octanol–water partition coefficient (Wildman–Crippen LogP) is 5.99. The van der Waals surface area contributed by atoms with Crippen molar-refractivity contribution >= 4 is 10.3 Å². The van der Waals surface area contributed by atoms with Crippen LogP contribution in [0.25, 0.3) is 16.8 Å². The molecule has 0 radical (unpaired) electrons. The van der Waals surface area contributed by atoms with Gasteiger partial charge in [-0.3, -0.25) is 0 Å². The van der Waals surface area contributed by atoms with Crippen LogP contribution < -0.4 is 0 Å². The Morgan fingerprint density at radius 2 is 2.07 bits per heavy atom. The Hall–Kier alpha value is -0.592. The van der Waals surface area contributed by atoms with E-state index in [0.29, 0.717) is 11.8 Å². The molecule has 1 aromatic carbocycles. The van der Waals surface area contributed by atoms with Crippen molar-refractivity contribution in [3.63, 3.8) is 0 Å². The summed E-state index contributed by atoms with van der Waals surface area (Å²) in [6.07, 6.45) is 8.45. The van der Waals surface area contributed by atoms with E-state index < -0.39 is 0 Å². The SMILES string of the molecule is [CH-]=C/C=C(\[C-]=[V])c1cccnc1-c1[c-]c(C(C)C[CH-]C)c(C(C)C)cc1.[Y+3]. The fourth-order valence-corrected chi connectivity index (χ4v) is 3.47. The Labute approximate surface area is 199 Å². The minimum atomic E-state index is 0. The van der Waals surface area contributed by atoms with Crippen LogP contribution in [0, 0.1) is 19.1 Å². The number of aromatic nitrogens is 1. The number of nitrogens with zero attached hydrogens (tertiary/aromatic N) is 1. The predicted molar refractivity (Wildman–Crippen MR) is 107 cm³/mol. The molecule has 0 aliphatic rings. The van der Waals surface area contributed by atoms with Gasteiger partial charge in [-0.1, -0.05) is 0 Å². The van der Waals surface area contributed by atoms with E-state index in [1.807, 2.05) is 24.4 Å². The van der Waals surface area contributed by atoms with Crippen LogP contribution >= 0.6 is 0 Å².